The summed E-state index contributed by atoms with van der Waals surface area (Å²) in [6.45, 7) is 5.84. The molecular formula is C11H13F2N. The molecule has 1 N–H and O–H groups in total. The lowest BCUT2D eigenvalue weighted by Gasteiger charge is -1.94. The number of aromatic nitrogens is 1. The van der Waals surface area contributed by atoms with Crippen LogP contribution in [0, 0.1) is 18.6 Å². The number of rotatable bonds is 0. The zero-order valence-corrected chi connectivity index (χ0v) is 8.49. The average molecular weight is 197 g/mol. The van der Waals surface area contributed by atoms with Crippen molar-refractivity contribution in [3.05, 3.63) is 35.5 Å². The summed E-state index contributed by atoms with van der Waals surface area (Å²) in [5.41, 5.74) is 1.16. The van der Waals surface area contributed by atoms with E-state index in [0.717, 1.165) is 17.0 Å². The molecule has 0 atom stereocenters. The van der Waals surface area contributed by atoms with Gasteiger partial charge in [0.15, 0.2) is 11.6 Å². The molecule has 0 aliphatic heterocycles. The maximum absolute atomic E-state index is 13.0. The maximum atomic E-state index is 13.0. The second-order valence-corrected chi connectivity index (χ2v) is 2.76. The number of H-pyrrole nitrogens is 1. The highest BCUT2D eigenvalue weighted by Crippen LogP contribution is 2.21. The highest BCUT2D eigenvalue weighted by atomic mass is 19.2. The fourth-order valence-corrected chi connectivity index (χ4v) is 1.28. The molecular weight excluding hydrogens is 184 g/mol. The molecule has 2 aromatic rings. The topological polar surface area (TPSA) is 15.8 Å². The van der Waals surface area contributed by atoms with Gasteiger partial charge in [-0.05, 0) is 24.6 Å². The fraction of sp³-hybridized carbons (Fsp3) is 0.273. The van der Waals surface area contributed by atoms with Gasteiger partial charge in [0.1, 0.15) is 0 Å². The molecule has 14 heavy (non-hydrogen) atoms. The number of benzene rings is 1. The van der Waals surface area contributed by atoms with E-state index >= 15 is 0 Å². The Morgan fingerprint density at radius 2 is 1.79 bits per heavy atom. The van der Waals surface area contributed by atoms with Crippen molar-refractivity contribution in [1.29, 1.82) is 0 Å². The highest BCUT2D eigenvalue weighted by molar-refractivity contribution is 5.83. The third-order valence-corrected chi connectivity index (χ3v) is 1.95. The fourth-order valence-electron chi connectivity index (χ4n) is 1.28. The summed E-state index contributed by atoms with van der Waals surface area (Å²) in [7, 11) is 0. The first-order valence-electron chi connectivity index (χ1n) is 4.62. The van der Waals surface area contributed by atoms with Crippen molar-refractivity contribution in [3.8, 4) is 0 Å². The summed E-state index contributed by atoms with van der Waals surface area (Å²) < 4.78 is 25.7. The molecule has 0 aliphatic carbocycles. The van der Waals surface area contributed by atoms with Gasteiger partial charge in [-0.1, -0.05) is 13.8 Å². The molecule has 1 heterocycles. The third kappa shape index (κ3) is 1.62. The quantitative estimate of drug-likeness (QED) is 0.661. The number of hydrogen-bond acceptors (Lipinski definition) is 0. The van der Waals surface area contributed by atoms with Crippen LogP contribution in [0.2, 0.25) is 0 Å². The molecule has 0 fully saturated rings. The van der Waals surface area contributed by atoms with Crippen LogP contribution in [0.5, 0.6) is 0 Å². The lowest BCUT2D eigenvalue weighted by molar-refractivity contribution is 0.515. The Bertz CT molecular complexity index is 432. The maximum Gasteiger partial charge on any atom is 0.182 e. The predicted molar refractivity (Wildman–Crippen MR) is 54.3 cm³/mol. The van der Waals surface area contributed by atoms with Gasteiger partial charge in [0.2, 0.25) is 0 Å². The summed E-state index contributed by atoms with van der Waals surface area (Å²) in [4.78, 5) is 2.68. The van der Waals surface area contributed by atoms with Crippen LogP contribution in [-0.4, -0.2) is 4.98 Å². The van der Waals surface area contributed by atoms with Crippen LogP contribution in [0.4, 0.5) is 8.78 Å². The lowest BCUT2D eigenvalue weighted by Crippen LogP contribution is -1.84. The Morgan fingerprint density at radius 3 is 2.43 bits per heavy atom. The number of aromatic amines is 1. The van der Waals surface area contributed by atoms with E-state index in [2.05, 4.69) is 4.98 Å². The number of hydrogen-bond donors (Lipinski definition) is 1. The zero-order valence-electron chi connectivity index (χ0n) is 8.49. The number of aryl methyl sites for hydroxylation is 1. The first-order valence-corrected chi connectivity index (χ1v) is 4.62. The highest BCUT2D eigenvalue weighted by Gasteiger charge is 2.08. The normalized spacial score (nSPS) is 9.79. The van der Waals surface area contributed by atoms with Gasteiger partial charge in [-0.2, -0.15) is 0 Å². The molecule has 0 spiro atoms. The van der Waals surface area contributed by atoms with E-state index < -0.39 is 11.6 Å². The molecule has 1 nitrogen and oxygen atoms in total. The largest absolute Gasteiger partial charge is 0.358 e. The Labute approximate surface area is 81.8 Å². The summed E-state index contributed by atoms with van der Waals surface area (Å²) in [6.07, 6.45) is 1.66. The summed E-state index contributed by atoms with van der Waals surface area (Å²) >= 11 is 0. The van der Waals surface area contributed by atoms with Crippen LogP contribution in [0.25, 0.3) is 10.9 Å². The van der Waals surface area contributed by atoms with Crippen LogP contribution in [0.1, 0.15) is 19.4 Å². The van der Waals surface area contributed by atoms with Gasteiger partial charge in [0.25, 0.3) is 0 Å². The van der Waals surface area contributed by atoms with Crippen LogP contribution in [0.3, 0.4) is 0 Å². The van der Waals surface area contributed by atoms with Crippen LogP contribution < -0.4 is 0 Å². The SMILES string of the molecule is CC.Cc1c[nH]c2c(F)c(F)ccc12. The molecule has 0 bridgehead atoms. The van der Waals surface area contributed by atoms with E-state index in [4.69, 9.17) is 0 Å². The average Bonchev–Trinajstić information content (AvgIpc) is 2.58. The van der Waals surface area contributed by atoms with E-state index in [0.29, 0.717) is 0 Å². The van der Waals surface area contributed by atoms with Crippen molar-refractivity contribution in [2.75, 3.05) is 0 Å². The van der Waals surface area contributed by atoms with Crippen LogP contribution >= 0.6 is 0 Å². The third-order valence-electron chi connectivity index (χ3n) is 1.95. The van der Waals surface area contributed by atoms with E-state index in [9.17, 15) is 8.78 Å². The Morgan fingerprint density at radius 1 is 1.14 bits per heavy atom. The second-order valence-electron chi connectivity index (χ2n) is 2.76. The van der Waals surface area contributed by atoms with Crippen molar-refractivity contribution in [2.24, 2.45) is 0 Å². The van der Waals surface area contributed by atoms with Crippen molar-refractivity contribution in [3.63, 3.8) is 0 Å². The van der Waals surface area contributed by atoms with Crippen LogP contribution in [-0.2, 0) is 0 Å². The molecule has 0 saturated heterocycles. The minimum atomic E-state index is -0.815. The van der Waals surface area contributed by atoms with Gasteiger partial charge in [-0.3, -0.25) is 0 Å². The molecule has 0 radical (unpaired) electrons. The van der Waals surface area contributed by atoms with Gasteiger partial charge in [-0.15, -0.1) is 0 Å². The smallest absolute Gasteiger partial charge is 0.182 e. The van der Waals surface area contributed by atoms with Crippen molar-refractivity contribution in [1.82, 2.24) is 4.98 Å². The van der Waals surface area contributed by atoms with Gasteiger partial charge >= 0.3 is 0 Å². The molecule has 0 unspecified atom stereocenters. The molecule has 76 valence electrons. The molecule has 0 aliphatic rings. The van der Waals surface area contributed by atoms with Crippen LogP contribution in [0.15, 0.2) is 18.3 Å². The summed E-state index contributed by atoms with van der Waals surface area (Å²) in [5.74, 6) is -1.62. The Balaban J connectivity index is 0.000000461. The minimum Gasteiger partial charge on any atom is -0.358 e. The molecule has 1 aromatic heterocycles. The Hall–Kier alpha value is -1.38. The van der Waals surface area contributed by atoms with Crippen molar-refractivity contribution >= 4 is 10.9 Å². The zero-order chi connectivity index (χ0) is 10.7. The molecule has 2 rings (SSSR count). The molecule has 0 saturated carbocycles. The van der Waals surface area contributed by atoms with Gasteiger partial charge in [-0.25, -0.2) is 8.78 Å². The second kappa shape index (κ2) is 4.22. The first kappa shape index (κ1) is 10.7. The Kier molecular flexibility index (Phi) is 3.23. The van der Waals surface area contributed by atoms with Gasteiger partial charge in [0, 0.05) is 11.6 Å². The minimum absolute atomic E-state index is 0.243. The van der Waals surface area contributed by atoms with Crippen molar-refractivity contribution in [2.45, 2.75) is 20.8 Å². The van der Waals surface area contributed by atoms with E-state index in [1.807, 2.05) is 20.8 Å². The summed E-state index contributed by atoms with van der Waals surface area (Å²) in [6, 6.07) is 2.71. The molecule has 3 heteroatoms. The number of fused-ring (bicyclic) bond motifs is 1. The van der Waals surface area contributed by atoms with Crippen molar-refractivity contribution < 1.29 is 8.78 Å². The van der Waals surface area contributed by atoms with E-state index in [-0.39, 0.29) is 5.52 Å². The lowest BCUT2D eigenvalue weighted by atomic mass is 10.2. The van der Waals surface area contributed by atoms with E-state index in [1.54, 1.807) is 12.3 Å². The number of halogens is 2. The van der Waals surface area contributed by atoms with E-state index in [1.165, 1.54) is 0 Å². The monoisotopic (exact) mass is 197 g/mol. The van der Waals surface area contributed by atoms with Gasteiger partial charge < -0.3 is 4.98 Å². The molecule has 0 amide bonds. The number of nitrogens with one attached hydrogen (secondary N) is 1. The summed E-state index contributed by atoms with van der Waals surface area (Å²) in [5, 5.41) is 0.730. The van der Waals surface area contributed by atoms with Gasteiger partial charge in [0.05, 0.1) is 5.52 Å². The molecule has 1 aromatic carbocycles. The first-order chi connectivity index (χ1) is 6.70. The standard InChI is InChI=1S/C9H7F2N.C2H6/c1-5-4-12-9-6(5)2-3-7(10)8(9)11;1-2/h2-4,12H,1H3;1-2H3. The predicted octanol–water partition coefficient (Wildman–Crippen LogP) is 3.78.